The van der Waals surface area contributed by atoms with E-state index in [4.69, 9.17) is 10.9 Å². The maximum absolute atomic E-state index is 11.7. The highest BCUT2D eigenvalue weighted by Crippen LogP contribution is 2.13. The van der Waals surface area contributed by atoms with Crippen LogP contribution < -0.4 is 5.73 Å². The van der Waals surface area contributed by atoms with E-state index >= 15 is 0 Å². The average molecular weight is 217 g/mol. The first-order chi connectivity index (χ1) is 6.97. The standard InChI is InChI=1S/C8H15N3O4/c1-4(7(9)10-15)8(14)11-2-5(12)6(13)3-11/h4-6,12-13,15H,2-3H2,1H3,(H2,9,10). The first-order valence-electron chi connectivity index (χ1n) is 4.59. The minimum atomic E-state index is -0.923. The minimum Gasteiger partial charge on any atom is -0.409 e. The lowest BCUT2D eigenvalue weighted by Gasteiger charge is -2.19. The summed E-state index contributed by atoms with van der Waals surface area (Å²) in [4.78, 5) is 13.0. The lowest BCUT2D eigenvalue weighted by molar-refractivity contribution is -0.132. The number of hydrogen-bond acceptors (Lipinski definition) is 5. The zero-order valence-corrected chi connectivity index (χ0v) is 8.37. The average Bonchev–Trinajstić information content (AvgIpc) is 2.56. The van der Waals surface area contributed by atoms with Crippen LogP contribution in [0.5, 0.6) is 0 Å². The van der Waals surface area contributed by atoms with Crippen molar-refractivity contribution in [1.29, 1.82) is 0 Å². The second-order valence-corrected chi connectivity index (χ2v) is 3.62. The third kappa shape index (κ3) is 2.37. The van der Waals surface area contributed by atoms with Crippen LogP contribution in [0.2, 0.25) is 0 Å². The molecule has 3 atom stereocenters. The monoisotopic (exact) mass is 217 g/mol. The first-order valence-corrected chi connectivity index (χ1v) is 4.59. The van der Waals surface area contributed by atoms with E-state index in [-0.39, 0.29) is 24.8 Å². The van der Waals surface area contributed by atoms with Gasteiger partial charge in [0.2, 0.25) is 5.91 Å². The zero-order valence-electron chi connectivity index (χ0n) is 8.37. The van der Waals surface area contributed by atoms with Crippen LogP contribution in [0.25, 0.3) is 0 Å². The summed E-state index contributed by atoms with van der Waals surface area (Å²) in [5, 5.41) is 29.6. The molecule has 1 amide bonds. The molecule has 0 bridgehead atoms. The van der Waals surface area contributed by atoms with Gasteiger partial charge in [-0.2, -0.15) is 0 Å². The quantitative estimate of drug-likeness (QED) is 0.183. The number of aliphatic hydroxyl groups excluding tert-OH is 2. The van der Waals surface area contributed by atoms with Crippen LogP contribution in [0, 0.1) is 5.92 Å². The molecule has 7 nitrogen and oxygen atoms in total. The molecular formula is C8H15N3O4. The topological polar surface area (TPSA) is 119 Å². The fourth-order valence-corrected chi connectivity index (χ4v) is 1.44. The number of nitrogens with two attached hydrogens (primary N) is 1. The van der Waals surface area contributed by atoms with Crippen molar-refractivity contribution in [3.8, 4) is 0 Å². The van der Waals surface area contributed by atoms with Crippen LogP contribution in [0.15, 0.2) is 5.16 Å². The van der Waals surface area contributed by atoms with Crippen LogP contribution in [0.3, 0.4) is 0 Å². The van der Waals surface area contributed by atoms with E-state index in [1.807, 2.05) is 0 Å². The second-order valence-electron chi connectivity index (χ2n) is 3.62. The van der Waals surface area contributed by atoms with Gasteiger partial charge in [-0.15, -0.1) is 0 Å². The lowest BCUT2D eigenvalue weighted by Crippen LogP contribution is -2.40. The molecule has 86 valence electrons. The van der Waals surface area contributed by atoms with Gasteiger partial charge in [-0.1, -0.05) is 5.16 Å². The lowest BCUT2D eigenvalue weighted by atomic mass is 10.1. The molecule has 0 aromatic rings. The van der Waals surface area contributed by atoms with Gasteiger partial charge in [-0.05, 0) is 6.92 Å². The Hall–Kier alpha value is -1.34. The number of amidine groups is 1. The number of oxime groups is 1. The molecule has 1 aliphatic heterocycles. The Morgan fingerprint density at radius 3 is 2.33 bits per heavy atom. The Bertz CT molecular complexity index is 271. The minimum absolute atomic E-state index is 0.0725. The maximum atomic E-state index is 11.7. The van der Waals surface area contributed by atoms with Gasteiger partial charge in [0.1, 0.15) is 0 Å². The molecule has 5 N–H and O–H groups in total. The highest BCUT2D eigenvalue weighted by atomic mass is 16.4. The molecule has 0 aromatic heterocycles. The molecule has 0 aliphatic carbocycles. The van der Waals surface area contributed by atoms with E-state index in [0.717, 1.165) is 0 Å². The third-order valence-electron chi connectivity index (χ3n) is 2.50. The van der Waals surface area contributed by atoms with Gasteiger partial charge in [0.05, 0.1) is 18.1 Å². The number of aliphatic hydroxyl groups is 2. The summed E-state index contributed by atoms with van der Waals surface area (Å²) in [6, 6.07) is 0. The molecule has 7 heteroatoms. The Morgan fingerprint density at radius 1 is 1.47 bits per heavy atom. The van der Waals surface area contributed by atoms with E-state index in [9.17, 15) is 15.0 Å². The molecule has 0 spiro atoms. The molecule has 1 aliphatic rings. The molecule has 1 heterocycles. The van der Waals surface area contributed by atoms with Crippen molar-refractivity contribution in [3.05, 3.63) is 0 Å². The van der Waals surface area contributed by atoms with Gasteiger partial charge in [-0.3, -0.25) is 4.79 Å². The molecule has 0 radical (unpaired) electrons. The van der Waals surface area contributed by atoms with Crippen molar-refractivity contribution < 1.29 is 20.2 Å². The van der Waals surface area contributed by atoms with Crippen molar-refractivity contribution in [1.82, 2.24) is 4.90 Å². The molecule has 0 saturated carbocycles. The number of nitrogens with zero attached hydrogens (tertiary/aromatic N) is 2. The van der Waals surface area contributed by atoms with Crippen molar-refractivity contribution in [3.63, 3.8) is 0 Å². The second kappa shape index (κ2) is 4.45. The third-order valence-corrected chi connectivity index (χ3v) is 2.50. The van der Waals surface area contributed by atoms with Crippen molar-refractivity contribution in [2.45, 2.75) is 19.1 Å². The summed E-state index contributed by atoms with van der Waals surface area (Å²) in [7, 11) is 0. The van der Waals surface area contributed by atoms with Gasteiger partial charge in [-0.25, -0.2) is 0 Å². The largest absolute Gasteiger partial charge is 0.409 e. The SMILES string of the molecule is CC(C(=O)N1CC(O)C(O)C1)C(N)=NO. The van der Waals surface area contributed by atoms with Gasteiger partial charge in [0.25, 0.3) is 0 Å². The van der Waals surface area contributed by atoms with Crippen LogP contribution >= 0.6 is 0 Å². The van der Waals surface area contributed by atoms with E-state index in [1.165, 1.54) is 11.8 Å². The summed E-state index contributed by atoms with van der Waals surface area (Å²) in [6.45, 7) is 1.64. The van der Waals surface area contributed by atoms with Crippen molar-refractivity contribution in [2.75, 3.05) is 13.1 Å². The number of amides is 1. The molecule has 1 fully saturated rings. The number of likely N-dealkylation sites (tertiary alicyclic amines) is 1. The summed E-state index contributed by atoms with van der Waals surface area (Å²) in [6.07, 6.45) is -1.85. The van der Waals surface area contributed by atoms with Crippen LogP contribution in [0.1, 0.15) is 6.92 Å². The molecular weight excluding hydrogens is 202 g/mol. The number of rotatable bonds is 2. The highest BCUT2D eigenvalue weighted by molar-refractivity contribution is 6.01. The summed E-state index contributed by atoms with van der Waals surface area (Å²) >= 11 is 0. The summed E-state index contributed by atoms with van der Waals surface area (Å²) in [5.74, 6) is -1.32. The smallest absolute Gasteiger partial charge is 0.233 e. The highest BCUT2D eigenvalue weighted by Gasteiger charge is 2.35. The maximum Gasteiger partial charge on any atom is 0.233 e. The zero-order chi connectivity index (χ0) is 11.6. The van der Waals surface area contributed by atoms with E-state index in [1.54, 1.807) is 0 Å². The van der Waals surface area contributed by atoms with Crippen molar-refractivity contribution in [2.24, 2.45) is 16.8 Å². The Balaban J connectivity index is 2.63. The molecule has 0 aromatic carbocycles. The summed E-state index contributed by atoms with van der Waals surface area (Å²) in [5.41, 5.74) is 5.28. The Kier molecular flexibility index (Phi) is 3.48. The normalized spacial score (nSPS) is 29.3. The Morgan fingerprint density at radius 2 is 1.93 bits per heavy atom. The molecule has 15 heavy (non-hydrogen) atoms. The fraction of sp³-hybridized carbons (Fsp3) is 0.750. The van der Waals surface area contributed by atoms with Crippen LogP contribution in [0.4, 0.5) is 0 Å². The van der Waals surface area contributed by atoms with Crippen LogP contribution in [-0.2, 0) is 4.79 Å². The first kappa shape index (κ1) is 11.7. The van der Waals surface area contributed by atoms with Gasteiger partial charge >= 0.3 is 0 Å². The predicted molar refractivity (Wildman–Crippen MR) is 51.2 cm³/mol. The number of carbonyl (C=O) groups is 1. The van der Waals surface area contributed by atoms with E-state index < -0.39 is 18.1 Å². The number of β-amino-alcohol motifs (C(OH)–C–C–N with tert-alkyl or cyclic N) is 2. The predicted octanol–water partition coefficient (Wildman–Crippen LogP) is -2.07. The number of carbonyl (C=O) groups excluding carboxylic acids is 1. The van der Waals surface area contributed by atoms with E-state index in [2.05, 4.69) is 5.16 Å². The molecule has 1 saturated heterocycles. The molecule has 1 rings (SSSR count). The fourth-order valence-electron chi connectivity index (χ4n) is 1.44. The van der Waals surface area contributed by atoms with Gasteiger partial charge in [0, 0.05) is 13.1 Å². The Labute approximate surface area is 86.8 Å². The summed E-state index contributed by atoms with van der Waals surface area (Å²) < 4.78 is 0. The van der Waals surface area contributed by atoms with Gasteiger partial charge in [0.15, 0.2) is 5.84 Å². The van der Waals surface area contributed by atoms with Crippen molar-refractivity contribution >= 4 is 11.7 Å². The van der Waals surface area contributed by atoms with E-state index in [0.29, 0.717) is 0 Å². The number of hydrogen-bond donors (Lipinski definition) is 4. The van der Waals surface area contributed by atoms with Crippen LogP contribution in [-0.4, -0.2) is 57.4 Å². The molecule has 3 unspecified atom stereocenters. The van der Waals surface area contributed by atoms with Gasteiger partial charge < -0.3 is 26.1 Å².